The topological polar surface area (TPSA) is 32.6 Å². The smallest absolute Gasteiger partial charge is 0.0789 e. The summed E-state index contributed by atoms with van der Waals surface area (Å²) in [5, 5.41) is 11.3. The van der Waals surface area contributed by atoms with E-state index < -0.39 is 0 Å². The number of allylic oxidation sites excluding steroid dienone is 1. The van der Waals surface area contributed by atoms with Crippen molar-refractivity contribution in [3.05, 3.63) is 12.7 Å². The molecule has 0 aromatic rings. The van der Waals surface area contributed by atoms with Gasteiger partial charge in [-0.15, -0.1) is 0 Å². The molecule has 0 heterocycles. The molecule has 0 radical (unpaired) electrons. The van der Waals surface area contributed by atoms with Gasteiger partial charge in [-0.25, -0.2) is 0 Å². The van der Waals surface area contributed by atoms with Crippen LogP contribution in [0.2, 0.25) is 0 Å². The van der Waals surface area contributed by atoms with E-state index in [1.165, 1.54) is 0 Å². The Kier molecular flexibility index (Phi) is 4.88. The Morgan fingerprint density at radius 3 is 2.78 bits per heavy atom. The van der Waals surface area contributed by atoms with Crippen molar-refractivity contribution >= 4 is 5.71 Å². The van der Waals surface area contributed by atoms with Crippen molar-refractivity contribution < 1.29 is 5.21 Å². The highest BCUT2D eigenvalue weighted by Gasteiger charge is 1.90. The van der Waals surface area contributed by atoms with Gasteiger partial charge in [-0.2, -0.15) is 0 Å². The predicted molar refractivity (Wildman–Crippen MR) is 38.9 cm³/mol. The van der Waals surface area contributed by atoms with Crippen LogP contribution in [0.5, 0.6) is 0 Å². The zero-order chi connectivity index (χ0) is 7.11. The third-order valence-electron chi connectivity index (χ3n) is 1.15. The van der Waals surface area contributed by atoms with Gasteiger partial charge < -0.3 is 5.21 Å². The van der Waals surface area contributed by atoms with Crippen LogP contribution in [0, 0.1) is 0 Å². The van der Waals surface area contributed by atoms with E-state index in [9.17, 15) is 0 Å². The maximum Gasteiger partial charge on any atom is 0.0789 e. The summed E-state index contributed by atoms with van der Waals surface area (Å²) in [5.41, 5.74) is 0.678. The van der Waals surface area contributed by atoms with E-state index in [2.05, 4.69) is 18.7 Å². The lowest BCUT2D eigenvalue weighted by atomic mass is 10.2. The molecule has 0 atom stereocenters. The van der Waals surface area contributed by atoms with Crippen molar-refractivity contribution in [3.8, 4) is 0 Å². The van der Waals surface area contributed by atoms with Gasteiger partial charge in [0.1, 0.15) is 0 Å². The van der Waals surface area contributed by atoms with E-state index in [0.29, 0.717) is 5.71 Å². The lowest BCUT2D eigenvalue weighted by molar-refractivity contribution is 0.318. The molecule has 2 heteroatoms. The molecule has 2 nitrogen and oxygen atoms in total. The Morgan fingerprint density at radius 2 is 2.44 bits per heavy atom. The van der Waals surface area contributed by atoms with Crippen LogP contribution in [-0.4, -0.2) is 10.9 Å². The van der Waals surface area contributed by atoms with E-state index >= 15 is 0 Å². The van der Waals surface area contributed by atoms with Crippen LogP contribution in [0.25, 0.3) is 0 Å². The van der Waals surface area contributed by atoms with Crippen molar-refractivity contribution in [2.45, 2.75) is 26.2 Å². The normalized spacial score (nSPS) is 11.4. The quantitative estimate of drug-likeness (QED) is 0.350. The molecule has 0 rings (SSSR count). The molecule has 0 bridgehead atoms. The fourth-order valence-corrected chi connectivity index (χ4v) is 0.551. The van der Waals surface area contributed by atoms with Crippen molar-refractivity contribution in [1.29, 1.82) is 0 Å². The van der Waals surface area contributed by atoms with Crippen molar-refractivity contribution in [2.24, 2.45) is 5.16 Å². The molecule has 1 N–H and O–H groups in total. The standard InChI is InChI=1S/C7H13NO/c1-3-5-6-7(4-2)8-9/h4,9H,2-3,5-6H2,1H3. The summed E-state index contributed by atoms with van der Waals surface area (Å²) in [5.74, 6) is 0. The van der Waals surface area contributed by atoms with Crippen molar-refractivity contribution in [2.75, 3.05) is 0 Å². The molecule has 0 aliphatic carbocycles. The second-order valence-electron chi connectivity index (χ2n) is 1.90. The summed E-state index contributed by atoms with van der Waals surface area (Å²) in [6, 6.07) is 0. The van der Waals surface area contributed by atoms with Crippen LogP contribution in [0.1, 0.15) is 26.2 Å². The molecule has 0 saturated carbocycles. The first-order valence-electron chi connectivity index (χ1n) is 3.18. The average molecular weight is 127 g/mol. The largest absolute Gasteiger partial charge is 0.411 e. The minimum absolute atomic E-state index is 0.678. The first-order chi connectivity index (χ1) is 4.35. The first kappa shape index (κ1) is 8.21. The van der Waals surface area contributed by atoms with E-state index in [1.54, 1.807) is 6.08 Å². The lowest BCUT2D eigenvalue weighted by Crippen LogP contribution is -1.91. The summed E-state index contributed by atoms with van der Waals surface area (Å²) in [7, 11) is 0. The molecule has 9 heavy (non-hydrogen) atoms. The van der Waals surface area contributed by atoms with Gasteiger partial charge in [0.05, 0.1) is 5.71 Å². The van der Waals surface area contributed by atoms with Crippen LogP contribution < -0.4 is 0 Å². The Balaban J connectivity index is 3.45. The number of hydrogen-bond donors (Lipinski definition) is 1. The van der Waals surface area contributed by atoms with Gasteiger partial charge in [-0.05, 0) is 18.9 Å². The van der Waals surface area contributed by atoms with E-state index in [1.807, 2.05) is 0 Å². The summed E-state index contributed by atoms with van der Waals surface area (Å²) >= 11 is 0. The summed E-state index contributed by atoms with van der Waals surface area (Å²) < 4.78 is 0. The zero-order valence-corrected chi connectivity index (χ0v) is 5.80. The molecular weight excluding hydrogens is 114 g/mol. The minimum Gasteiger partial charge on any atom is -0.411 e. The van der Waals surface area contributed by atoms with Gasteiger partial charge >= 0.3 is 0 Å². The molecule has 0 aliphatic heterocycles. The van der Waals surface area contributed by atoms with Crippen LogP contribution in [0.4, 0.5) is 0 Å². The third-order valence-corrected chi connectivity index (χ3v) is 1.15. The Hall–Kier alpha value is -0.790. The highest BCUT2D eigenvalue weighted by Crippen LogP contribution is 1.96. The second kappa shape index (κ2) is 5.35. The lowest BCUT2D eigenvalue weighted by Gasteiger charge is -1.93. The number of oxime groups is 1. The zero-order valence-electron chi connectivity index (χ0n) is 5.80. The molecule has 0 aromatic carbocycles. The number of hydrogen-bond acceptors (Lipinski definition) is 2. The highest BCUT2D eigenvalue weighted by molar-refractivity contribution is 5.93. The molecule has 0 fully saturated rings. The van der Waals surface area contributed by atoms with E-state index in [-0.39, 0.29) is 0 Å². The summed E-state index contributed by atoms with van der Waals surface area (Å²) in [4.78, 5) is 0. The molecule has 0 unspecified atom stereocenters. The monoisotopic (exact) mass is 127 g/mol. The van der Waals surface area contributed by atoms with Gasteiger partial charge in [0, 0.05) is 0 Å². The molecule has 0 aromatic heterocycles. The molecular formula is C7H13NO. The summed E-state index contributed by atoms with van der Waals surface area (Å²) in [6.07, 6.45) is 4.59. The van der Waals surface area contributed by atoms with Crippen molar-refractivity contribution in [3.63, 3.8) is 0 Å². The Morgan fingerprint density at radius 1 is 1.78 bits per heavy atom. The number of nitrogens with zero attached hydrogens (tertiary/aromatic N) is 1. The Labute approximate surface area is 55.9 Å². The molecule has 0 spiro atoms. The number of unbranched alkanes of at least 4 members (excludes halogenated alkanes) is 1. The number of rotatable bonds is 4. The van der Waals surface area contributed by atoms with Gasteiger partial charge in [0.15, 0.2) is 0 Å². The first-order valence-corrected chi connectivity index (χ1v) is 3.18. The molecule has 0 aliphatic rings. The average Bonchev–Trinajstić information content (AvgIpc) is 1.91. The molecule has 0 saturated heterocycles. The van der Waals surface area contributed by atoms with Gasteiger partial charge in [-0.3, -0.25) is 0 Å². The van der Waals surface area contributed by atoms with Gasteiger partial charge in [-0.1, -0.05) is 25.1 Å². The van der Waals surface area contributed by atoms with Crippen LogP contribution >= 0.6 is 0 Å². The van der Waals surface area contributed by atoms with Gasteiger partial charge in [0.2, 0.25) is 0 Å². The second-order valence-corrected chi connectivity index (χ2v) is 1.90. The third kappa shape index (κ3) is 3.76. The predicted octanol–water partition coefficient (Wildman–Crippen LogP) is 2.19. The maximum absolute atomic E-state index is 8.27. The SMILES string of the molecule is C=CC(CCCC)=NO. The van der Waals surface area contributed by atoms with Crippen molar-refractivity contribution in [1.82, 2.24) is 0 Å². The maximum atomic E-state index is 8.27. The van der Waals surface area contributed by atoms with Crippen LogP contribution in [0.3, 0.4) is 0 Å². The Bertz CT molecular complexity index is 107. The molecule has 0 amide bonds. The minimum atomic E-state index is 0.678. The van der Waals surface area contributed by atoms with Gasteiger partial charge in [0.25, 0.3) is 0 Å². The highest BCUT2D eigenvalue weighted by atomic mass is 16.4. The van der Waals surface area contributed by atoms with Crippen LogP contribution in [0.15, 0.2) is 17.8 Å². The summed E-state index contributed by atoms with van der Waals surface area (Å²) in [6.45, 7) is 5.59. The fraction of sp³-hybridized carbons (Fsp3) is 0.571. The molecule has 52 valence electrons. The van der Waals surface area contributed by atoms with E-state index in [4.69, 9.17) is 5.21 Å². The van der Waals surface area contributed by atoms with E-state index in [0.717, 1.165) is 19.3 Å². The van der Waals surface area contributed by atoms with Crippen LogP contribution in [-0.2, 0) is 0 Å². The fourth-order valence-electron chi connectivity index (χ4n) is 0.551.